The van der Waals surface area contributed by atoms with Crippen LogP contribution in [0.15, 0.2) is 41.6 Å². The SMILES string of the molecule is CSc1ccc(C(C)NC(=O)c2cnc(Cl)cn2)cc1. The summed E-state index contributed by atoms with van der Waals surface area (Å²) < 4.78 is 0. The van der Waals surface area contributed by atoms with Gasteiger partial charge in [-0.05, 0) is 30.9 Å². The Bertz CT molecular complexity index is 586. The molecule has 1 N–H and O–H groups in total. The molecule has 2 aromatic rings. The molecule has 0 bridgehead atoms. The van der Waals surface area contributed by atoms with Gasteiger partial charge < -0.3 is 5.32 Å². The summed E-state index contributed by atoms with van der Waals surface area (Å²) in [7, 11) is 0. The van der Waals surface area contributed by atoms with Crippen LogP contribution in [0.1, 0.15) is 29.0 Å². The highest BCUT2D eigenvalue weighted by Gasteiger charge is 2.12. The highest BCUT2D eigenvalue weighted by Crippen LogP contribution is 2.19. The van der Waals surface area contributed by atoms with Crippen LogP contribution in [0.5, 0.6) is 0 Å². The normalized spacial score (nSPS) is 11.9. The second-order valence-corrected chi connectivity index (χ2v) is 5.46. The zero-order valence-corrected chi connectivity index (χ0v) is 12.7. The first-order chi connectivity index (χ1) is 9.60. The number of carbonyl (C=O) groups excluding carboxylic acids is 1. The van der Waals surface area contributed by atoms with Crippen molar-refractivity contribution in [3.63, 3.8) is 0 Å². The molecule has 1 heterocycles. The van der Waals surface area contributed by atoms with Gasteiger partial charge in [0.1, 0.15) is 10.8 Å². The maximum absolute atomic E-state index is 12.0. The van der Waals surface area contributed by atoms with E-state index in [1.807, 2.05) is 37.4 Å². The highest BCUT2D eigenvalue weighted by atomic mass is 35.5. The number of thioether (sulfide) groups is 1. The minimum absolute atomic E-state index is 0.101. The molecule has 1 atom stereocenters. The van der Waals surface area contributed by atoms with Gasteiger partial charge in [0.25, 0.3) is 5.91 Å². The van der Waals surface area contributed by atoms with Crippen molar-refractivity contribution in [2.45, 2.75) is 17.9 Å². The fraction of sp³-hybridized carbons (Fsp3) is 0.214. The molecule has 0 saturated heterocycles. The molecule has 4 nitrogen and oxygen atoms in total. The third-order valence-electron chi connectivity index (χ3n) is 2.82. The van der Waals surface area contributed by atoms with E-state index in [2.05, 4.69) is 15.3 Å². The van der Waals surface area contributed by atoms with Gasteiger partial charge >= 0.3 is 0 Å². The number of hydrogen-bond donors (Lipinski definition) is 1. The standard InChI is InChI=1S/C14H14ClN3OS/c1-9(10-3-5-11(20-2)6-4-10)18-14(19)12-7-17-13(15)8-16-12/h3-9H,1-2H3,(H,18,19). The zero-order valence-electron chi connectivity index (χ0n) is 11.1. The lowest BCUT2D eigenvalue weighted by atomic mass is 10.1. The lowest BCUT2D eigenvalue weighted by Gasteiger charge is -2.14. The Labute approximate surface area is 127 Å². The van der Waals surface area contributed by atoms with Crippen molar-refractivity contribution in [2.75, 3.05) is 6.26 Å². The average Bonchev–Trinajstić information content (AvgIpc) is 2.48. The molecule has 0 aliphatic carbocycles. The zero-order chi connectivity index (χ0) is 14.5. The maximum Gasteiger partial charge on any atom is 0.271 e. The van der Waals surface area contributed by atoms with Crippen LogP contribution in [0.4, 0.5) is 0 Å². The third kappa shape index (κ3) is 3.71. The summed E-state index contributed by atoms with van der Waals surface area (Å²) >= 11 is 7.32. The largest absolute Gasteiger partial charge is 0.344 e. The summed E-state index contributed by atoms with van der Waals surface area (Å²) in [6, 6.07) is 7.97. The van der Waals surface area contributed by atoms with E-state index in [4.69, 9.17) is 11.6 Å². The Hall–Kier alpha value is -1.59. The molecule has 1 aromatic carbocycles. The monoisotopic (exact) mass is 307 g/mol. The topological polar surface area (TPSA) is 54.9 Å². The number of aromatic nitrogens is 2. The smallest absolute Gasteiger partial charge is 0.271 e. The van der Waals surface area contributed by atoms with Crippen LogP contribution in [0, 0.1) is 0 Å². The number of carbonyl (C=O) groups is 1. The molecule has 104 valence electrons. The maximum atomic E-state index is 12.0. The van der Waals surface area contributed by atoms with Gasteiger partial charge in [0.05, 0.1) is 18.4 Å². The van der Waals surface area contributed by atoms with Crippen molar-refractivity contribution < 1.29 is 4.79 Å². The van der Waals surface area contributed by atoms with Gasteiger partial charge in [-0.3, -0.25) is 4.79 Å². The van der Waals surface area contributed by atoms with Crippen molar-refractivity contribution in [3.05, 3.63) is 53.1 Å². The van der Waals surface area contributed by atoms with Gasteiger partial charge in [0.15, 0.2) is 0 Å². The van der Waals surface area contributed by atoms with Crippen LogP contribution in [0.3, 0.4) is 0 Å². The van der Waals surface area contributed by atoms with Crippen molar-refractivity contribution in [2.24, 2.45) is 0 Å². The van der Waals surface area contributed by atoms with Gasteiger partial charge in [-0.25, -0.2) is 9.97 Å². The molecule has 6 heteroatoms. The predicted octanol–water partition coefficient (Wildman–Crippen LogP) is 3.34. The first-order valence-corrected chi connectivity index (χ1v) is 7.63. The van der Waals surface area contributed by atoms with E-state index in [9.17, 15) is 4.79 Å². The van der Waals surface area contributed by atoms with Crippen LogP contribution in [0.25, 0.3) is 0 Å². The first kappa shape index (κ1) is 14.8. The van der Waals surface area contributed by atoms with E-state index in [-0.39, 0.29) is 22.8 Å². The molecule has 1 aromatic heterocycles. The second-order valence-electron chi connectivity index (χ2n) is 4.19. The molecule has 0 aliphatic heterocycles. The molecule has 0 aliphatic rings. The summed E-state index contributed by atoms with van der Waals surface area (Å²) in [6.07, 6.45) is 4.75. The minimum atomic E-state index is -0.268. The van der Waals surface area contributed by atoms with Crippen LogP contribution in [-0.4, -0.2) is 22.1 Å². The molecule has 1 unspecified atom stereocenters. The molecule has 0 saturated carbocycles. The van der Waals surface area contributed by atoms with Gasteiger partial charge in [0, 0.05) is 4.90 Å². The molecule has 2 rings (SSSR count). The van der Waals surface area contributed by atoms with Gasteiger partial charge in [-0.1, -0.05) is 23.7 Å². The van der Waals surface area contributed by atoms with Crippen molar-refractivity contribution in [1.82, 2.24) is 15.3 Å². The van der Waals surface area contributed by atoms with E-state index >= 15 is 0 Å². The fourth-order valence-electron chi connectivity index (χ4n) is 1.68. The van der Waals surface area contributed by atoms with Crippen molar-refractivity contribution in [1.29, 1.82) is 0 Å². The van der Waals surface area contributed by atoms with Gasteiger partial charge in [0.2, 0.25) is 0 Å². The Balaban J connectivity index is 2.04. The Morgan fingerprint density at radius 1 is 1.25 bits per heavy atom. The Kier molecular flexibility index (Phi) is 4.98. The number of nitrogens with zero attached hydrogens (tertiary/aromatic N) is 2. The van der Waals surface area contributed by atoms with Crippen molar-refractivity contribution in [3.8, 4) is 0 Å². The number of halogens is 1. The number of rotatable bonds is 4. The van der Waals surface area contributed by atoms with Crippen LogP contribution >= 0.6 is 23.4 Å². The summed E-state index contributed by atoms with van der Waals surface area (Å²) in [6.45, 7) is 1.93. The summed E-state index contributed by atoms with van der Waals surface area (Å²) in [5.74, 6) is -0.268. The lowest BCUT2D eigenvalue weighted by molar-refractivity contribution is 0.0934. The van der Waals surface area contributed by atoms with E-state index in [0.29, 0.717) is 0 Å². The van der Waals surface area contributed by atoms with Crippen LogP contribution < -0.4 is 5.32 Å². The fourth-order valence-corrected chi connectivity index (χ4v) is 2.18. The number of hydrogen-bond acceptors (Lipinski definition) is 4. The number of benzene rings is 1. The Morgan fingerprint density at radius 2 is 1.95 bits per heavy atom. The lowest BCUT2D eigenvalue weighted by Crippen LogP contribution is -2.27. The summed E-state index contributed by atoms with van der Waals surface area (Å²) in [5.41, 5.74) is 1.29. The highest BCUT2D eigenvalue weighted by molar-refractivity contribution is 7.98. The average molecular weight is 308 g/mol. The molecular formula is C14H14ClN3OS. The number of amides is 1. The molecule has 1 amide bonds. The predicted molar refractivity (Wildman–Crippen MR) is 81.1 cm³/mol. The Morgan fingerprint density at radius 3 is 2.50 bits per heavy atom. The molecule has 20 heavy (non-hydrogen) atoms. The molecule has 0 spiro atoms. The second kappa shape index (κ2) is 6.72. The number of nitrogens with one attached hydrogen (secondary N) is 1. The van der Waals surface area contributed by atoms with E-state index in [1.54, 1.807) is 11.8 Å². The molecule has 0 fully saturated rings. The summed E-state index contributed by atoms with van der Waals surface area (Å²) in [4.78, 5) is 21.0. The van der Waals surface area contributed by atoms with Crippen molar-refractivity contribution >= 4 is 29.3 Å². The van der Waals surface area contributed by atoms with Crippen LogP contribution in [-0.2, 0) is 0 Å². The molecule has 0 radical (unpaired) electrons. The van der Waals surface area contributed by atoms with E-state index in [0.717, 1.165) is 5.56 Å². The summed E-state index contributed by atoms with van der Waals surface area (Å²) in [5, 5.41) is 3.14. The molecular weight excluding hydrogens is 294 g/mol. The first-order valence-electron chi connectivity index (χ1n) is 6.02. The van der Waals surface area contributed by atoms with E-state index in [1.165, 1.54) is 17.3 Å². The van der Waals surface area contributed by atoms with Gasteiger partial charge in [-0.15, -0.1) is 11.8 Å². The quantitative estimate of drug-likeness (QED) is 0.880. The minimum Gasteiger partial charge on any atom is -0.344 e. The van der Waals surface area contributed by atoms with Crippen LogP contribution in [0.2, 0.25) is 5.15 Å². The van der Waals surface area contributed by atoms with E-state index < -0.39 is 0 Å². The van der Waals surface area contributed by atoms with Gasteiger partial charge in [-0.2, -0.15) is 0 Å². The third-order valence-corrected chi connectivity index (χ3v) is 3.76.